The van der Waals surface area contributed by atoms with E-state index in [1.165, 1.54) is 225 Å². The fourth-order valence-electron chi connectivity index (χ4n) is 8.55. The first-order valence-corrected chi connectivity index (χ1v) is 30.3. The summed E-state index contributed by atoms with van der Waals surface area (Å²) < 4.78 is 32.8. The number of carbonyl (C=O) groups excluding carboxylic acids is 2. The van der Waals surface area contributed by atoms with Crippen molar-refractivity contribution in [1.82, 2.24) is 0 Å². The van der Waals surface area contributed by atoms with Crippen molar-refractivity contribution < 1.29 is 37.6 Å². The molecular weight excluding hydrogens is 858 g/mol. The van der Waals surface area contributed by atoms with Crippen molar-refractivity contribution >= 4 is 19.8 Å². The molecule has 0 saturated heterocycles. The van der Waals surface area contributed by atoms with Crippen LogP contribution in [-0.2, 0) is 32.7 Å². The first kappa shape index (κ1) is 65.5. The van der Waals surface area contributed by atoms with Crippen LogP contribution < -0.4 is 5.73 Å². The number of ether oxygens (including phenoxy) is 2. The van der Waals surface area contributed by atoms with Crippen molar-refractivity contribution in [3.63, 3.8) is 0 Å². The number of unbranched alkanes of at least 4 members (excludes halogenated alkanes) is 38. The number of phosphoric acid groups is 1. The molecule has 0 aliphatic heterocycles. The summed E-state index contributed by atoms with van der Waals surface area (Å²) in [5, 5.41) is 0. The van der Waals surface area contributed by atoms with Crippen LogP contribution in [0.25, 0.3) is 0 Å². The molecule has 0 aromatic carbocycles. The minimum absolute atomic E-state index is 0.0567. The van der Waals surface area contributed by atoms with E-state index in [9.17, 15) is 19.0 Å². The summed E-state index contributed by atoms with van der Waals surface area (Å²) in [6.07, 6.45) is 63.1. The van der Waals surface area contributed by atoms with Crippen LogP contribution in [-0.4, -0.2) is 49.3 Å². The normalized spacial score (nSPS) is 13.2. The van der Waals surface area contributed by atoms with Gasteiger partial charge in [0.25, 0.3) is 0 Å². The number of nitrogens with two attached hydrogens (primary N) is 1. The van der Waals surface area contributed by atoms with E-state index in [-0.39, 0.29) is 38.6 Å². The number of esters is 2. The third-order valence-corrected chi connectivity index (χ3v) is 13.8. The lowest BCUT2D eigenvalue weighted by Gasteiger charge is -2.19. The first-order valence-electron chi connectivity index (χ1n) is 28.8. The molecule has 0 spiro atoms. The highest BCUT2D eigenvalue weighted by atomic mass is 31.2. The zero-order valence-electron chi connectivity index (χ0n) is 44.2. The second kappa shape index (κ2) is 53.8. The van der Waals surface area contributed by atoms with E-state index in [0.29, 0.717) is 6.42 Å². The second-order valence-corrected chi connectivity index (χ2v) is 21.0. The zero-order valence-corrected chi connectivity index (χ0v) is 45.1. The molecule has 2 unspecified atom stereocenters. The fourth-order valence-corrected chi connectivity index (χ4v) is 9.32. The molecule has 0 rings (SSSR count). The van der Waals surface area contributed by atoms with Gasteiger partial charge in [-0.05, 0) is 44.9 Å². The molecule has 2 atom stereocenters. The van der Waals surface area contributed by atoms with Crippen LogP contribution in [0.3, 0.4) is 0 Å². The predicted octanol–water partition coefficient (Wildman–Crippen LogP) is 17.9. The topological polar surface area (TPSA) is 134 Å². The van der Waals surface area contributed by atoms with Gasteiger partial charge < -0.3 is 20.1 Å². The molecular formula is C57H110NO8P. The highest BCUT2D eigenvalue weighted by Gasteiger charge is 2.26. The van der Waals surface area contributed by atoms with Gasteiger partial charge in [0.1, 0.15) is 6.61 Å². The second-order valence-electron chi connectivity index (χ2n) is 19.5. The Morgan fingerprint density at radius 2 is 0.776 bits per heavy atom. The summed E-state index contributed by atoms with van der Waals surface area (Å²) in [7, 11) is -4.37. The van der Waals surface area contributed by atoms with Gasteiger partial charge >= 0.3 is 19.8 Å². The van der Waals surface area contributed by atoms with Gasteiger partial charge in [0.05, 0.1) is 13.2 Å². The van der Waals surface area contributed by atoms with Crippen LogP contribution in [0.4, 0.5) is 0 Å². The Balaban J connectivity index is 3.63. The lowest BCUT2D eigenvalue weighted by Crippen LogP contribution is -2.29. The van der Waals surface area contributed by atoms with Gasteiger partial charge in [-0.2, -0.15) is 0 Å². The molecule has 0 heterocycles. The van der Waals surface area contributed by atoms with Gasteiger partial charge in [0.2, 0.25) is 0 Å². The number of phosphoric ester groups is 1. The number of hydrogen-bond acceptors (Lipinski definition) is 8. The standard InChI is InChI=1S/C57H110NO8P/c1-3-5-7-9-11-12-13-14-15-16-17-18-19-20-21-22-23-24-25-26-27-28-29-30-31-32-33-34-35-36-37-38-39-40-41-42-44-46-48-50-57(60)66-55(54-65-67(61,62)64-52-51-58)53-63-56(59)49-47-45-43-10-8-6-4-2/h13-14,16-17,55H,3-12,15,18-54,58H2,1-2H3,(H,61,62)/b14-13-,17-16-. The Hall–Kier alpha value is -1.51. The summed E-state index contributed by atoms with van der Waals surface area (Å²) in [4.78, 5) is 34.8. The molecule has 0 bridgehead atoms. The van der Waals surface area contributed by atoms with E-state index in [2.05, 4.69) is 38.2 Å². The Morgan fingerprint density at radius 1 is 0.448 bits per heavy atom. The third kappa shape index (κ3) is 53.7. The summed E-state index contributed by atoms with van der Waals surface area (Å²) in [6, 6.07) is 0. The predicted molar refractivity (Wildman–Crippen MR) is 284 cm³/mol. The molecule has 0 saturated carbocycles. The smallest absolute Gasteiger partial charge is 0.462 e. The zero-order chi connectivity index (χ0) is 48.8. The van der Waals surface area contributed by atoms with E-state index in [4.69, 9.17) is 24.3 Å². The van der Waals surface area contributed by atoms with E-state index >= 15 is 0 Å². The number of hydrogen-bond donors (Lipinski definition) is 2. The maximum atomic E-state index is 12.6. The van der Waals surface area contributed by atoms with E-state index in [1.54, 1.807) is 0 Å². The van der Waals surface area contributed by atoms with Gasteiger partial charge in [-0.3, -0.25) is 18.6 Å². The van der Waals surface area contributed by atoms with Crippen LogP contribution >= 0.6 is 7.82 Å². The molecule has 0 radical (unpaired) electrons. The van der Waals surface area contributed by atoms with Crippen LogP contribution in [0.15, 0.2) is 24.3 Å². The largest absolute Gasteiger partial charge is 0.472 e. The van der Waals surface area contributed by atoms with Gasteiger partial charge in [-0.25, -0.2) is 4.57 Å². The van der Waals surface area contributed by atoms with Crippen molar-refractivity contribution in [1.29, 1.82) is 0 Å². The number of allylic oxidation sites excluding steroid dienone is 4. The number of rotatable bonds is 55. The Bertz CT molecular complexity index is 1150. The molecule has 9 nitrogen and oxygen atoms in total. The summed E-state index contributed by atoms with van der Waals surface area (Å²) in [5.74, 6) is -0.821. The molecule has 0 amide bonds. The van der Waals surface area contributed by atoms with Crippen LogP contribution in [0.1, 0.15) is 296 Å². The molecule has 67 heavy (non-hydrogen) atoms. The molecule has 0 aliphatic rings. The lowest BCUT2D eigenvalue weighted by atomic mass is 10.0. The van der Waals surface area contributed by atoms with Crippen molar-refractivity contribution in [2.45, 2.75) is 302 Å². The van der Waals surface area contributed by atoms with Gasteiger partial charge in [-0.1, -0.05) is 263 Å². The SMILES string of the molecule is CCCCCCC/C=C\C/C=C\CCCCCCCCCCCCCCCCCCCCCCCCCCCCCC(=O)OC(COC(=O)CCCCCCCCC)COP(=O)(O)OCCN. The van der Waals surface area contributed by atoms with Gasteiger partial charge in [-0.15, -0.1) is 0 Å². The Labute approximate surface area is 414 Å². The van der Waals surface area contributed by atoms with Crippen molar-refractivity contribution in [2.24, 2.45) is 5.73 Å². The van der Waals surface area contributed by atoms with Crippen LogP contribution in [0, 0.1) is 0 Å². The molecule has 396 valence electrons. The Morgan fingerprint density at radius 3 is 1.13 bits per heavy atom. The summed E-state index contributed by atoms with van der Waals surface area (Å²) in [5.41, 5.74) is 5.35. The average Bonchev–Trinajstić information content (AvgIpc) is 3.32. The molecule has 10 heteroatoms. The maximum absolute atomic E-state index is 12.6. The average molecular weight is 968 g/mol. The molecule has 0 aliphatic carbocycles. The Kier molecular flexibility index (Phi) is 52.6. The minimum Gasteiger partial charge on any atom is -0.462 e. The van der Waals surface area contributed by atoms with E-state index < -0.39 is 26.5 Å². The van der Waals surface area contributed by atoms with E-state index in [1.807, 2.05) is 0 Å². The lowest BCUT2D eigenvalue weighted by molar-refractivity contribution is -0.161. The van der Waals surface area contributed by atoms with Gasteiger partial charge in [0.15, 0.2) is 6.10 Å². The summed E-state index contributed by atoms with van der Waals surface area (Å²) >= 11 is 0. The van der Waals surface area contributed by atoms with Crippen molar-refractivity contribution in [3.8, 4) is 0 Å². The van der Waals surface area contributed by atoms with Crippen molar-refractivity contribution in [3.05, 3.63) is 24.3 Å². The molecule has 3 N–H and O–H groups in total. The van der Waals surface area contributed by atoms with Crippen molar-refractivity contribution in [2.75, 3.05) is 26.4 Å². The van der Waals surface area contributed by atoms with Crippen LogP contribution in [0.5, 0.6) is 0 Å². The molecule has 0 aromatic rings. The van der Waals surface area contributed by atoms with Crippen LogP contribution in [0.2, 0.25) is 0 Å². The highest BCUT2D eigenvalue weighted by Crippen LogP contribution is 2.43. The first-order chi connectivity index (χ1) is 32.8. The van der Waals surface area contributed by atoms with Gasteiger partial charge in [0, 0.05) is 19.4 Å². The summed E-state index contributed by atoms with van der Waals surface area (Å²) in [6.45, 7) is 3.71. The minimum atomic E-state index is -4.37. The maximum Gasteiger partial charge on any atom is 0.472 e. The highest BCUT2D eigenvalue weighted by molar-refractivity contribution is 7.47. The third-order valence-electron chi connectivity index (χ3n) is 12.8. The van der Waals surface area contributed by atoms with E-state index in [0.717, 1.165) is 38.5 Å². The fraction of sp³-hybridized carbons (Fsp3) is 0.895. The molecule has 0 fully saturated rings. The monoisotopic (exact) mass is 968 g/mol. The quantitative estimate of drug-likeness (QED) is 0.0264. The number of carbonyl (C=O) groups is 2. The molecule has 0 aromatic heterocycles.